The molecule has 1 heterocycles. The number of aliphatic hydroxyl groups excluding tert-OH is 1. The fraction of sp³-hybridized carbons (Fsp3) is 0.625. The second-order valence-electron chi connectivity index (χ2n) is 5.57. The van der Waals surface area contributed by atoms with E-state index in [1.165, 1.54) is 37.8 Å². The Balaban J connectivity index is 2.21. The zero-order valence-electron chi connectivity index (χ0n) is 11.9. The van der Waals surface area contributed by atoms with Gasteiger partial charge in [0.15, 0.2) is 0 Å². The van der Waals surface area contributed by atoms with Crippen LogP contribution in [-0.4, -0.2) is 18.2 Å². The van der Waals surface area contributed by atoms with Gasteiger partial charge in [0, 0.05) is 24.3 Å². The molecule has 0 saturated carbocycles. The average Bonchev–Trinajstić information content (AvgIpc) is 2.63. The van der Waals surface area contributed by atoms with Crippen molar-refractivity contribution in [2.75, 3.05) is 18.0 Å². The van der Waals surface area contributed by atoms with Crippen molar-refractivity contribution < 1.29 is 9.50 Å². The molecule has 2 unspecified atom stereocenters. The Labute approximate surface area is 115 Å². The largest absolute Gasteiger partial charge is 0.389 e. The summed E-state index contributed by atoms with van der Waals surface area (Å²) in [7, 11) is 0. The standard InChI is InChI=1S/C16H24FNO/c1-3-13-5-4-9-18(10-8-13)16-7-6-14(17)11-15(16)12(2)19/h6-7,11-13,19H,3-5,8-10H2,1-2H3. The van der Waals surface area contributed by atoms with Crippen molar-refractivity contribution in [2.45, 2.75) is 45.6 Å². The van der Waals surface area contributed by atoms with Gasteiger partial charge in [-0.3, -0.25) is 0 Å². The van der Waals surface area contributed by atoms with E-state index in [1.54, 1.807) is 6.92 Å². The van der Waals surface area contributed by atoms with E-state index in [0.29, 0.717) is 5.56 Å². The average molecular weight is 265 g/mol. The quantitative estimate of drug-likeness (QED) is 0.896. The van der Waals surface area contributed by atoms with Gasteiger partial charge in [0.05, 0.1) is 6.10 Å². The maximum absolute atomic E-state index is 13.3. The van der Waals surface area contributed by atoms with Gasteiger partial charge >= 0.3 is 0 Å². The Morgan fingerprint density at radius 2 is 2.16 bits per heavy atom. The number of hydrogen-bond donors (Lipinski definition) is 1. The van der Waals surface area contributed by atoms with E-state index in [0.717, 1.165) is 24.7 Å². The summed E-state index contributed by atoms with van der Waals surface area (Å²) in [4.78, 5) is 2.30. The van der Waals surface area contributed by atoms with Crippen LogP contribution in [0.15, 0.2) is 18.2 Å². The van der Waals surface area contributed by atoms with Crippen LogP contribution < -0.4 is 4.90 Å². The Hall–Kier alpha value is -1.09. The molecule has 1 fully saturated rings. The van der Waals surface area contributed by atoms with Crippen molar-refractivity contribution in [1.82, 2.24) is 0 Å². The van der Waals surface area contributed by atoms with Gasteiger partial charge in [0.25, 0.3) is 0 Å². The highest BCUT2D eigenvalue weighted by molar-refractivity contribution is 5.54. The fourth-order valence-electron chi connectivity index (χ4n) is 2.96. The van der Waals surface area contributed by atoms with E-state index >= 15 is 0 Å². The molecule has 0 aromatic heterocycles. The first kappa shape index (κ1) is 14.3. The molecule has 1 aromatic carbocycles. The second-order valence-corrected chi connectivity index (χ2v) is 5.57. The van der Waals surface area contributed by atoms with Crippen molar-refractivity contribution in [3.05, 3.63) is 29.6 Å². The second kappa shape index (κ2) is 6.38. The predicted octanol–water partition coefficient (Wildman–Crippen LogP) is 3.90. The van der Waals surface area contributed by atoms with Crippen LogP contribution in [0.25, 0.3) is 0 Å². The number of anilines is 1. The molecule has 0 spiro atoms. The molecule has 0 amide bonds. The highest BCUT2D eigenvalue weighted by Gasteiger charge is 2.19. The first-order valence-electron chi connectivity index (χ1n) is 7.34. The van der Waals surface area contributed by atoms with Crippen LogP contribution in [0, 0.1) is 11.7 Å². The summed E-state index contributed by atoms with van der Waals surface area (Å²) in [5.41, 5.74) is 1.70. The molecule has 1 aromatic rings. The lowest BCUT2D eigenvalue weighted by Crippen LogP contribution is -2.25. The van der Waals surface area contributed by atoms with Crippen LogP contribution in [0.2, 0.25) is 0 Å². The van der Waals surface area contributed by atoms with E-state index in [4.69, 9.17) is 0 Å². The number of halogens is 1. The smallest absolute Gasteiger partial charge is 0.123 e. The van der Waals surface area contributed by atoms with Crippen molar-refractivity contribution in [1.29, 1.82) is 0 Å². The minimum absolute atomic E-state index is 0.277. The van der Waals surface area contributed by atoms with E-state index in [9.17, 15) is 9.50 Å². The summed E-state index contributed by atoms with van der Waals surface area (Å²) >= 11 is 0. The SMILES string of the molecule is CCC1CCCN(c2ccc(F)cc2C(C)O)CC1. The van der Waals surface area contributed by atoms with Crippen LogP contribution in [0.4, 0.5) is 10.1 Å². The first-order chi connectivity index (χ1) is 9.11. The number of aliphatic hydroxyl groups is 1. The lowest BCUT2D eigenvalue weighted by molar-refractivity contribution is 0.199. The van der Waals surface area contributed by atoms with Gasteiger partial charge < -0.3 is 10.0 Å². The van der Waals surface area contributed by atoms with Gasteiger partial charge in [-0.15, -0.1) is 0 Å². The van der Waals surface area contributed by atoms with Gasteiger partial charge in [0.1, 0.15) is 5.82 Å². The third-order valence-electron chi connectivity index (χ3n) is 4.21. The van der Waals surface area contributed by atoms with Crippen LogP contribution in [0.1, 0.15) is 51.2 Å². The fourth-order valence-corrected chi connectivity index (χ4v) is 2.96. The molecule has 0 radical (unpaired) electrons. The van der Waals surface area contributed by atoms with E-state index in [-0.39, 0.29) is 5.82 Å². The molecule has 2 atom stereocenters. The molecule has 1 saturated heterocycles. The molecule has 3 heteroatoms. The summed E-state index contributed by atoms with van der Waals surface area (Å²) < 4.78 is 13.3. The van der Waals surface area contributed by atoms with Gasteiger partial charge in [-0.05, 0) is 50.3 Å². The van der Waals surface area contributed by atoms with Crippen LogP contribution >= 0.6 is 0 Å². The Morgan fingerprint density at radius 1 is 1.37 bits per heavy atom. The van der Waals surface area contributed by atoms with Crippen LogP contribution in [-0.2, 0) is 0 Å². The first-order valence-corrected chi connectivity index (χ1v) is 7.34. The molecule has 0 bridgehead atoms. The monoisotopic (exact) mass is 265 g/mol. The Bertz CT molecular complexity index is 419. The van der Waals surface area contributed by atoms with E-state index in [2.05, 4.69) is 11.8 Å². The molecule has 2 rings (SSSR count). The highest BCUT2D eigenvalue weighted by atomic mass is 19.1. The number of nitrogens with zero attached hydrogens (tertiary/aromatic N) is 1. The van der Waals surface area contributed by atoms with Crippen molar-refractivity contribution in [2.24, 2.45) is 5.92 Å². The van der Waals surface area contributed by atoms with Gasteiger partial charge in [-0.1, -0.05) is 13.3 Å². The number of benzene rings is 1. The highest BCUT2D eigenvalue weighted by Crippen LogP contribution is 2.30. The van der Waals surface area contributed by atoms with Crippen LogP contribution in [0.3, 0.4) is 0 Å². The molecule has 1 aliphatic heterocycles. The van der Waals surface area contributed by atoms with E-state index in [1.807, 2.05) is 6.07 Å². The Kier molecular flexibility index (Phi) is 4.81. The molecule has 19 heavy (non-hydrogen) atoms. The molecule has 0 aliphatic carbocycles. The normalized spacial score (nSPS) is 22.1. The minimum Gasteiger partial charge on any atom is -0.389 e. The van der Waals surface area contributed by atoms with Gasteiger partial charge in [-0.2, -0.15) is 0 Å². The predicted molar refractivity (Wildman–Crippen MR) is 76.9 cm³/mol. The molecule has 106 valence electrons. The number of rotatable bonds is 3. The maximum Gasteiger partial charge on any atom is 0.123 e. The maximum atomic E-state index is 13.3. The Morgan fingerprint density at radius 3 is 2.84 bits per heavy atom. The summed E-state index contributed by atoms with van der Waals surface area (Å²) in [6.45, 7) is 5.95. The zero-order valence-corrected chi connectivity index (χ0v) is 11.9. The van der Waals surface area contributed by atoms with Crippen molar-refractivity contribution >= 4 is 5.69 Å². The topological polar surface area (TPSA) is 23.5 Å². The van der Waals surface area contributed by atoms with Gasteiger partial charge in [-0.25, -0.2) is 4.39 Å². The molecular formula is C16H24FNO. The van der Waals surface area contributed by atoms with E-state index < -0.39 is 6.10 Å². The third kappa shape index (κ3) is 3.47. The zero-order chi connectivity index (χ0) is 13.8. The lowest BCUT2D eigenvalue weighted by Gasteiger charge is -2.26. The molecule has 2 nitrogen and oxygen atoms in total. The van der Waals surface area contributed by atoms with Crippen molar-refractivity contribution in [3.63, 3.8) is 0 Å². The summed E-state index contributed by atoms with van der Waals surface area (Å²) in [6, 6.07) is 4.76. The molecular weight excluding hydrogens is 241 g/mol. The minimum atomic E-state index is -0.629. The van der Waals surface area contributed by atoms with Crippen LogP contribution in [0.5, 0.6) is 0 Å². The third-order valence-corrected chi connectivity index (χ3v) is 4.21. The van der Waals surface area contributed by atoms with Gasteiger partial charge in [0.2, 0.25) is 0 Å². The summed E-state index contributed by atoms with van der Waals surface area (Å²) in [5.74, 6) is 0.529. The molecule has 1 N–H and O–H groups in total. The summed E-state index contributed by atoms with van der Waals surface area (Å²) in [6.07, 6.45) is 4.25. The summed E-state index contributed by atoms with van der Waals surface area (Å²) in [5, 5.41) is 9.83. The lowest BCUT2D eigenvalue weighted by atomic mass is 9.98. The number of hydrogen-bond acceptors (Lipinski definition) is 2. The van der Waals surface area contributed by atoms with Crippen molar-refractivity contribution in [3.8, 4) is 0 Å². The molecule has 1 aliphatic rings.